The number of carbonyl (C=O) groups is 3. The minimum absolute atomic E-state index is 0.0179. The average molecular weight is 585 g/mol. The molecule has 1 fully saturated rings. The first-order chi connectivity index (χ1) is 20.3. The molecule has 10 heteroatoms. The van der Waals surface area contributed by atoms with Crippen LogP contribution in [-0.2, 0) is 27.2 Å². The Morgan fingerprint density at radius 1 is 1.12 bits per heavy atom. The van der Waals surface area contributed by atoms with E-state index in [0.29, 0.717) is 41.5 Å². The molecule has 2 amide bonds. The number of fused-ring (bicyclic) bond motifs is 1. The van der Waals surface area contributed by atoms with Gasteiger partial charge in [-0.3, -0.25) is 24.2 Å². The van der Waals surface area contributed by atoms with Crippen molar-refractivity contribution in [2.45, 2.75) is 44.6 Å². The van der Waals surface area contributed by atoms with Gasteiger partial charge in [0, 0.05) is 42.2 Å². The summed E-state index contributed by atoms with van der Waals surface area (Å²) in [5.74, 6) is -1.81. The van der Waals surface area contributed by atoms with Gasteiger partial charge in [-0.15, -0.1) is 11.3 Å². The Hall–Kier alpha value is -4.44. The number of carbonyl (C=O) groups excluding carboxylic acids is 2. The second-order valence-electron chi connectivity index (χ2n) is 10.8. The molecule has 0 saturated heterocycles. The van der Waals surface area contributed by atoms with Crippen LogP contribution in [0.25, 0.3) is 22.4 Å². The molecule has 0 radical (unpaired) electrons. The zero-order valence-electron chi connectivity index (χ0n) is 23.0. The maximum absolute atomic E-state index is 14.6. The van der Waals surface area contributed by atoms with Crippen molar-refractivity contribution >= 4 is 40.1 Å². The highest BCUT2D eigenvalue weighted by Gasteiger charge is 2.39. The first-order valence-electron chi connectivity index (χ1n) is 13.9. The van der Waals surface area contributed by atoms with E-state index < -0.39 is 17.7 Å². The van der Waals surface area contributed by atoms with Crippen LogP contribution in [0.15, 0.2) is 66.2 Å². The minimum atomic E-state index is -1.03. The molecule has 2 aliphatic rings. The fourth-order valence-corrected chi connectivity index (χ4v) is 6.36. The highest BCUT2D eigenvalue weighted by molar-refractivity contribution is 7.14. The zero-order chi connectivity index (χ0) is 29.4. The van der Waals surface area contributed by atoms with E-state index in [-0.39, 0.29) is 24.3 Å². The number of benzene rings is 2. The molecule has 1 N–H and O–H groups in total. The van der Waals surface area contributed by atoms with Gasteiger partial charge in [-0.05, 0) is 60.6 Å². The number of hydrogen-bond donors (Lipinski definition) is 1. The molecule has 1 saturated carbocycles. The summed E-state index contributed by atoms with van der Waals surface area (Å²) in [6.45, 7) is 0. The molecule has 0 unspecified atom stereocenters. The van der Waals surface area contributed by atoms with Gasteiger partial charge >= 0.3 is 5.97 Å². The van der Waals surface area contributed by atoms with Crippen LogP contribution in [0.4, 0.5) is 15.3 Å². The summed E-state index contributed by atoms with van der Waals surface area (Å²) in [6, 6.07) is 15.9. The number of pyridine rings is 1. The second kappa shape index (κ2) is 11.4. The van der Waals surface area contributed by atoms with Crippen LogP contribution in [0.2, 0.25) is 0 Å². The Morgan fingerprint density at radius 3 is 2.64 bits per heavy atom. The van der Waals surface area contributed by atoms with Crippen LogP contribution in [0, 0.1) is 11.7 Å². The lowest BCUT2D eigenvalue weighted by Crippen LogP contribution is -2.39. The van der Waals surface area contributed by atoms with Crippen LogP contribution < -0.4 is 9.80 Å². The summed E-state index contributed by atoms with van der Waals surface area (Å²) in [4.78, 5) is 50.3. The van der Waals surface area contributed by atoms with E-state index in [1.807, 2.05) is 36.4 Å². The predicted molar refractivity (Wildman–Crippen MR) is 159 cm³/mol. The Bertz CT molecular complexity index is 1670. The Morgan fingerprint density at radius 2 is 1.90 bits per heavy atom. The maximum Gasteiger partial charge on any atom is 0.304 e. The van der Waals surface area contributed by atoms with Crippen molar-refractivity contribution in [3.63, 3.8) is 0 Å². The predicted octanol–water partition coefficient (Wildman–Crippen LogP) is 5.75. The fraction of sp³-hybridized carbons (Fsp3) is 0.281. The van der Waals surface area contributed by atoms with Crippen molar-refractivity contribution in [2.24, 2.45) is 5.92 Å². The van der Waals surface area contributed by atoms with Gasteiger partial charge in [-0.25, -0.2) is 14.4 Å². The smallest absolute Gasteiger partial charge is 0.304 e. The number of carboxylic acids is 1. The number of carboxylic acid groups (broad SMARTS) is 1. The molecule has 3 heterocycles. The number of hydrogen-bond acceptors (Lipinski definition) is 6. The topological polar surface area (TPSA) is 104 Å². The molecule has 2 aromatic heterocycles. The SMILES string of the molecule is CN1C(=O)CCc2cc(-c3ccc(F)cc3-c3csc(N(C(=O)[C@@H](CC(=O)O)Cc4ccccc4)C4CC4)n3)cnc21. The highest BCUT2D eigenvalue weighted by atomic mass is 32.1. The molecule has 1 aliphatic carbocycles. The molecular formula is C32H29FN4O4S. The molecule has 6 rings (SSSR count). The standard InChI is InChI=1S/C32H29FN4O4S/c1-36-28(38)12-7-20-14-22(17-34-30(20)36)25-11-8-23(33)16-26(25)27-18-42-32(35-27)37(24-9-10-24)31(41)21(15-29(39)40)13-19-5-3-2-4-6-19/h2-6,8,11,14,16-18,21,24H,7,9-10,12-13,15H2,1H3,(H,39,40)/t21-/m1/s1. The van der Waals surface area contributed by atoms with E-state index in [1.54, 1.807) is 34.5 Å². The van der Waals surface area contributed by atoms with Gasteiger partial charge in [0.2, 0.25) is 11.8 Å². The molecule has 4 aromatic rings. The van der Waals surface area contributed by atoms with E-state index in [4.69, 9.17) is 4.98 Å². The number of thiazole rings is 1. The van der Waals surface area contributed by atoms with Gasteiger partial charge < -0.3 is 5.11 Å². The summed E-state index contributed by atoms with van der Waals surface area (Å²) in [5.41, 5.74) is 4.43. The largest absolute Gasteiger partial charge is 0.481 e. The number of amides is 2. The van der Waals surface area contributed by atoms with Gasteiger partial charge in [0.1, 0.15) is 11.6 Å². The molecule has 42 heavy (non-hydrogen) atoms. The van der Waals surface area contributed by atoms with Crippen LogP contribution in [0.5, 0.6) is 0 Å². The molecule has 0 spiro atoms. The van der Waals surface area contributed by atoms with Crippen molar-refractivity contribution < 1.29 is 23.9 Å². The van der Waals surface area contributed by atoms with Gasteiger partial charge in [0.15, 0.2) is 5.13 Å². The number of halogens is 1. The van der Waals surface area contributed by atoms with E-state index in [9.17, 15) is 23.9 Å². The molecular weight excluding hydrogens is 555 g/mol. The third kappa shape index (κ3) is 5.67. The lowest BCUT2D eigenvalue weighted by atomic mass is 9.94. The van der Waals surface area contributed by atoms with Crippen LogP contribution in [0.3, 0.4) is 0 Å². The third-order valence-electron chi connectivity index (χ3n) is 7.75. The molecule has 0 bridgehead atoms. The van der Waals surface area contributed by atoms with Crippen molar-refractivity contribution in [2.75, 3.05) is 16.8 Å². The molecule has 214 valence electrons. The van der Waals surface area contributed by atoms with Gasteiger partial charge in [0.05, 0.1) is 18.0 Å². The number of aromatic nitrogens is 2. The highest BCUT2D eigenvalue weighted by Crippen LogP contribution is 2.40. The third-order valence-corrected chi connectivity index (χ3v) is 8.59. The number of anilines is 2. The van der Waals surface area contributed by atoms with Crippen LogP contribution in [-0.4, -0.2) is 45.9 Å². The van der Waals surface area contributed by atoms with E-state index >= 15 is 0 Å². The normalized spacial score (nSPS) is 15.3. The summed E-state index contributed by atoms with van der Waals surface area (Å²) in [6.07, 6.45) is 4.32. The van der Waals surface area contributed by atoms with Crippen molar-refractivity contribution in [1.82, 2.24) is 9.97 Å². The minimum Gasteiger partial charge on any atom is -0.481 e. The Kier molecular flexibility index (Phi) is 7.55. The zero-order valence-corrected chi connectivity index (χ0v) is 23.8. The number of nitrogens with zero attached hydrogens (tertiary/aromatic N) is 4. The summed E-state index contributed by atoms with van der Waals surface area (Å²) < 4.78 is 14.6. The number of aryl methyl sites for hydroxylation is 1. The van der Waals surface area contributed by atoms with E-state index in [2.05, 4.69) is 4.98 Å². The van der Waals surface area contributed by atoms with Gasteiger partial charge in [0.25, 0.3) is 0 Å². The summed E-state index contributed by atoms with van der Waals surface area (Å²) in [7, 11) is 1.71. The lowest BCUT2D eigenvalue weighted by Gasteiger charge is -2.25. The van der Waals surface area contributed by atoms with Crippen LogP contribution >= 0.6 is 11.3 Å². The molecule has 2 aromatic carbocycles. The quantitative estimate of drug-likeness (QED) is 0.269. The first kappa shape index (κ1) is 27.7. The lowest BCUT2D eigenvalue weighted by molar-refractivity contribution is -0.140. The average Bonchev–Trinajstić information content (AvgIpc) is 3.70. The van der Waals surface area contributed by atoms with Gasteiger partial charge in [-0.2, -0.15) is 0 Å². The van der Waals surface area contributed by atoms with Crippen molar-refractivity contribution in [3.05, 3.63) is 83.1 Å². The van der Waals surface area contributed by atoms with Gasteiger partial charge in [-0.1, -0.05) is 36.4 Å². The summed E-state index contributed by atoms with van der Waals surface area (Å²) in [5, 5.41) is 11.9. The Labute approximate surface area is 246 Å². The molecule has 8 nitrogen and oxygen atoms in total. The van der Waals surface area contributed by atoms with Crippen molar-refractivity contribution in [3.8, 4) is 22.4 Å². The summed E-state index contributed by atoms with van der Waals surface area (Å²) >= 11 is 1.29. The van der Waals surface area contributed by atoms with E-state index in [0.717, 1.165) is 35.1 Å². The van der Waals surface area contributed by atoms with Crippen LogP contribution in [0.1, 0.15) is 36.8 Å². The monoisotopic (exact) mass is 584 g/mol. The second-order valence-corrected chi connectivity index (χ2v) is 11.6. The maximum atomic E-state index is 14.6. The number of aliphatic carboxylic acids is 1. The molecule has 1 atom stereocenters. The fourth-order valence-electron chi connectivity index (χ4n) is 5.46. The van der Waals surface area contributed by atoms with E-state index in [1.165, 1.54) is 23.5 Å². The Balaban J connectivity index is 1.33. The molecule has 1 aliphatic heterocycles. The first-order valence-corrected chi connectivity index (χ1v) is 14.8. The van der Waals surface area contributed by atoms with Crippen molar-refractivity contribution in [1.29, 1.82) is 0 Å². The number of rotatable bonds is 9.